The normalized spacial score (nSPS) is 11.9. The molecule has 0 bridgehead atoms. The number of rotatable bonds is 9. The van der Waals surface area contributed by atoms with Gasteiger partial charge >= 0.3 is 5.97 Å². The van der Waals surface area contributed by atoms with Gasteiger partial charge in [0, 0.05) is 22.5 Å². The zero-order chi connectivity index (χ0) is 19.6. The van der Waals surface area contributed by atoms with E-state index in [1.165, 1.54) is 6.08 Å². The minimum atomic E-state index is -1.07. The van der Waals surface area contributed by atoms with Gasteiger partial charge in [0.25, 0.3) is 0 Å². The molecule has 2 aromatic carbocycles. The molecule has 0 fully saturated rings. The van der Waals surface area contributed by atoms with Gasteiger partial charge in [0.15, 0.2) is 0 Å². The minimum absolute atomic E-state index is 0.220. The third kappa shape index (κ3) is 6.90. The molecule has 2 aromatic rings. The average molecular weight is 432 g/mol. The molecular weight excluding hydrogens is 410 g/mol. The molecule has 6 heteroatoms. The molecule has 0 aliphatic carbocycles. The van der Waals surface area contributed by atoms with Gasteiger partial charge in [0.2, 0.25) is 5.91 Å². The van der Waals surface area contributed by atoms with E-state index in [-0.39, 0.29) is 6.42 Å². The van der Waals surface area contributed by atoms with E-state index in [1.807, 2.05) is 55.5 Å². The van der Waals surface area contributed by atoms with Crippen LogP contribution in [0, 0.1) is 0 Å². The van der Waals surface area contributed by atoms with E-state index in [0.717, 1.165) is 22.0 Å². The Morgan fingerprint density at radius 2 is 1.96 bits per heavy atom. The molecule has 142 valence electrons. The lowest BCUT2D eigenvalue weighted by Gasteiger charge is -2.13. The molecule has 2 N–H and O–H groups in total. The van der Waals surface area contributed by atoms with Crippen molar-refractivity contribution >= 4 is 33.9 Å². The number of carboxylic acid groups (broad SMARTS) is 1. The lowest BCUT2D eigenvalue weighted by Crippen LogP contribution is -2.41. The molecular formula is C21H22BrNO4. The first-order valence-electron chi connectivity index (χ1n) is 8.67. The standard InChI is InChI=1S/C21H22BrNO4/c1-2-12-27-19-10-9-17(22)14-16(19)8-11-20(24)23-18(21(25)26)13-15-6-4-3-5-7-15/h3-11,14,18H,2,12-13H2,1H3,(H,23,24)(H,25,26)/b11-8+. The highest BCUT2D eigenvalue weighted by molar-refractivity contribution is 9.10. The van der Waals surface area contributed by atoms with Gasteiger partial charge in [-0.2, -0.15) is 0 Å². The van der Waals surface area contributed by atoms with Crippen molar-refractivity contribution < 1.29 is 19.4 Å². The van der Waals surface area contributed by atoms with Crippen LogP contribution in [0.15, 0.2) is 59.1 Å². The van der Waals surface area contributed by atoms with Crippen molar-refractivity contribution in [3.63, 3.8) is 0 Å². The third-order valence-corrected chi connectivity index (χ3v) is 4.24. The van der Waals surface area contributed by atoms with E-state index < -0.39 is 17.9 Å². The van der Waals surface area contributed by atoms with Crippen molar-refractivity contribution in [3.05, 3.63) is 70.2 Å². The summed E-state index contributed by atoms with van der Waals surface area (Å²) < 4.78 is 6.53. The van der Waals surface area contributed by atoms with Crippen molar-refractivity contribution in [3.8, 4) is 5.75 Å². The van der Waals surface area contributed by atoms with Gasteiger partial charge < -0.3 is 15.2 Å². The van der Waals surface area contributed by atoms with Crippen LogP contribution in [0.2, 0.25) is 0 Å². The Kier molecular flexibility index (Phi) is 8.07. The van der Waals surface area contributed by atoms with Crippen molar-refractivity contribution in [1.82, 2.24) is 5.32 Å². The fraction of sp³-hybridized carbons (Fsp3) is 0.238. The monoisotopic (exact) mass is 431 g/mol. The Bertz CT molecular complexity index is 805. The first-order valence-corrected chi connectivity index (χ1v) is 9.46. The Labute approximate surface area is 167 Å². The molecule has 0 saturated heterocycles. The van der Waals surface area contributed by atoms with E-state index in [2.05, 4.69) is 21.2 Å². The summed E-state index contributed by atoms with van der Waals surface area (Å²) in [7, 11) is 0. The lowest BCUT2D eigenvalue weighted by molar-refractivity contribution is -0.141. The Morgan fingerprint density at radius 1 is 1.22 bits per heavy atom. The molecule has 0 saturated carbocycles. The zero-order valence-corrected chi connectivity index (χ0v) is 16.6. The Hall–Kier alpha value is -2.60. The van der Waals surface area contributed by atoms with Gasteiger partial charge in [-0.3, -0.25) is 4.79 Å². The van der Waals surface area contributed by atoms with Crippen LogP contribution in [-0.2, 0) is 16.0 Å². The van der Waals surface area contributed by atoms with Gasteiger partial charge in [-0.15, -0.1) is 0 Å². The van der Waals surface area contributed by atoms with Gasteiger partial charge in [-0.05, 0) is 36.3 Å². The first kappa shape index (κ1) is 20.7. The molecule has 1 atom stereocenters. The predicted molar refractivity (Wildman–Crippen MR) is 109 cm³/mol. The van der Waals surface area contributed by atoms with Crippen LogP contribution in [-0.4, -0.2) is 29.6 Å². The van der Waals surface area contributed by atoms with Crippen LogP contribution >= 0.6 is 15.9 Å². The molecule has 0 spiro atoms. The number of ether oxygens (including phenoxy) is 1. The zero-order valence-electron chi connectivity index (χ0n) is 15.0. The number of hydrogen-bond donors (Lipinski definition) is 2. The number of benzene rings is 2. The summed E-state index contributed by atoms with van der Waals surface area (Å²) in [5, 5.41) is 11.9. The quantitative estimate of drug-likeness (QED) is 0.586. The summed E-state index contributed by atoms with van der Waals surface area (Å²) in [6.07, 6.45) is 4.03. The summed E-state index contributed by atoms with van der Waals surface area (Å²) >= 11 is 3.40. The maximum Gasteiger partial charge on any atom is 0.326 e. The van der Waals surface area contributed by atoms with Crippen LogP contribution in [0.3, 0.4) is 0 Å². The van der Waals surface area contributed by atoms with Crippen molar-refractivity contribution in [2.75, 3.05) is 6.61 Å². The number of carboxylic acids is 1. The van der Waals surface area contributed by atoms with E-state index >= 15 is 0 Å². The first-order chi connectivity index (χ1) is 13.0. The summed E-state index contributed by atoms with van der Waals surface area (Å²) in [6.45, 7) is 2.59. The molecule has 27 heavy (non-hydrogen) atoms. The molecule has 2 rings (SSSR count). The summed E-state index contributed by atoms with van der Waals surface area (Å²) in [5.74, 6) is -0.877. The van der Waals surface area contributed by atoms with E-state index in [4.69, 9.17) is 4.74 Å². The summed E-state index contributed by atoms with van der Waals surface area (Å²) in [6, 6.07) is 13.7. The summed E-state index contributed by atoms with van der Waals surface area (Å²) in [4.78, 5) is 23.7. The van der Waals surface area contributed by atoms with Gasteiger partial charge in [0.05, 0.1) is 6.61 Å². The van der Waals surface area contributed by atoms with Crippen LogP contribution in [0.5, 0.6) is 5.75 Å². The van der Waals surface area contributed by atoms with Crippen LogP contribution in [0.1, 0.15) is 24.5 Å². The molecule has 1 amide bonds. The smallest absolute Gasteiger partial charge is 0.326 e. The molecule has 1 unspecified atom stereocenters. The van der Waals surface area contributed by atoms with Gasteiger partial charge in [-0.1, -0.05) is 53.2 Å². The summed E-state index contributed by atoms with van der Waals surface area (Å²) in [5.41, 5.74) is 1.58. The average Bonchev–Trinajstić information content (AvgIpc) is 2.66. The number of amides is 1. The maximum absolute atomic E-state index is 12.2. The molecule has 0 aromatic heterocycles. The lowest BCUT2D eigenvalue weighted by atomic mass is 10.1. The predicted octanol–water partition coefficient (Wildman–Crippen LogP) is 4.06. The minimum Gasteiger partial charge on any atom is -0.493 e. The SMILES string of the molecule is CCCOc1ccc(Br)cc1/C=C/C(=O)NC(Cc1ccccc1)C(=O)O. The Morgan fingerprint density at radius 3 is 2.63 bits per heavy atom. The number of carbonyl (C=O) groups is 2. The van der Waals surface area contributed by atoms with Crippen molar-refractivity contribution in [2.45, 2.75) is 25.8 Å². The second-order valence-corrected chi connectivity index (χ2v) is 6.87. The maximum atomic E-state index is 12.2. The number of hydrogen-bond acceptors (Lipinski definition) is 3. The van der Waals surface area contributed by atoms with Crippen molar-refractivity contribution in [2.24, 2.45) is 0 Å². The third-order valence-electron chi connectivity index (χ3n) is 3.75. The molecule has 0 heterocycles. The number of carbonyl (C=O) groups excluding carboxylic acids is 1. The second-order valence-electron chi connectivity index (χ2n) is 5.95. The fourth-order valence-corrected chi connectivity index (χ4v) is 2.81. The number of nitrogens with one attached hydrogen (secondary N) is 1. The van der Waals surface area contributed by atoms with E-state index in [0.29, 0.717) is 12.4 Å². The fourth-order valence-electron chi connectivity index (χ4n) is 2.43. The van der Waals surface area contributed by atoms with Gasteiger partial charge in [0.1, 0.15) is 11.8 Å². The number of halogens is 1. The highest BCUT2D eigenvalue weighted by atomic mass is 79.9. The highest BCUT2D eigenvalue weighted by Crippen LogP contribution is 2.24. The van der Waals surface area contributed by atoms with Crippen LogP contribution in [0.25, 0.3) is 6.08 Å². The molecule has 0 aliphatic rings. The van der Waals surface area contributed by atoms with Crippen LogP contribution in [0.4, 0.5) is 0 Å². The highest BCUT2D eigenvalue weighted by Gasteiger charge is 2.19. The molecule has 0 aliphatic heterocycles. The largest absolute Gasteiger partial charge is 0.493 e. The molecule has 0 radical (unpaired) electrons. The topological polar surface area (TPSA) is 75.6 Å². The Balaban J connectivity index is 2.06. The number of aliphatic carboxylic acids is 1. The van der Waals surface area contributed by atoms with Crippen molar-refractivity contribution in [1.29, 1.82) is 0 Å². The molecule has 5 nitrogen and oxygen atoms in total. The second kappa shape index (κ2) is 10.5. The van der Waals surface area contributed by atoms with E-state index in [1.54, 1.807) is 6.08 Å². The van der Waals surface area contributed by atoms with Gasteiger partial charge in [-0.25, -0.2) is 4.79 Å². The van der Waals surface area contributed by atoms with E-state index in [9.17, 15) is 14.7 Å². The van der Waals surface area contributed by atoms with Crippen LogP contribution < -0.4 is 10.1 Å².